The summed E-state index contributed by atoms with van der Waals surface area (Å²) in [7, 11) is 0. The van der Waals surface area contributed by atoms with Crippen LogP contribution in [0.25, 0.3) is 0 Å². The van der Waals surface area contributed by atoms with Gasteiger partial charge in [0.1, 0.15) is 31.5 Å². The van der Waals surface area contributed by atoms with E-state index in [1.54, 1.807) is 22.0 Å². The number of nitrogens with zero attached hydrogens (tertiary/aromatic N) is 6. The lowest BCUT2D eigenvalue weighted by molar-refractivity contribution is 0.388. The Hall–Kier alpha value is -1.72. The van der Waals surface area contributed by atoms with Crippen molar-refractivity contribution in [3.63, 3.8) is 0 Å². The number of aromatic nitrogens is 6. The third-order valence-electron chi connectivity index (χ3n) is 1.64. The van der Waals surface area contributed by atoms with Crippen LogP contribution >= 0.6 is 0 Å². The second-order valence-corrected chi connectivity index (χ2v) is 2.38. The molecule has 0 aliphatic heterocycles. The maximum atomic E-state index is 3.99. The van der Waals surface area contributed by atoms with Gasteiger partial charge in [0, 0.05) is 0 Å². The van der Waals surface area contributed by atoms with Crippen LogP contribution in [-0.4, -0.2) is 29.5 Å². The van der Waals surface area contributed by atoms with Crippen LogP contribution in [0.2, 0.25) is 0 Å². The Balaban J connectivity index is 2.27. The monoisotopic (exact) mass is 164 g/mol. The topological polar surface area (TPSA) is 61.4 Å². The molecule has 2 aromatic heterocycles. The van der Waals surface area contributed by atoms with Crippen LogP contribution in [0.4, 0.5) is 0 Å². The summed E-state index contributed by atoms with van der Waals surface area (Å²) < 4.78 is 3.41. The lowest BCUT2D eigenvalue weighted by atomic mass is 10.6. The highest BCUT2D eigenvalue weighted by atomic mass is 15.5. The first kappa shape index (κ1) is 6.96. The molecule has 0 aliphatic rings. The summed E-state index contributed by atoms with van der Waals surface area (Å²) in [6.07, 6.45) is 6.30. The fourth-order valence-corrected chi connectivity index (χ4v) is 0.942. The molecule has 2 aromatic rings. The predicted molar refractivity (Wildman–Crippen MR) is 40.2 cm³/mol. The molecule has 0 unspecified atom stereocenters. The molecule has 6 nitrogen and oxygen atoms in total. The van der Waals surface area contributed by atoms with Crippen molar-refractivity contribution < 1.29 is 0 Å². The van der Waals surface area contributed by atoms with Gasteiger partial charge in [-0.3, -0.25) is 0 Å². The lowest BCUT2D eigenvalue weighted by Gasteiger charge is -2.09. The SMILES string of the molecule is CC(n1cncn1)n1cncn1. The summed E-state index contributed by atoms with van der Waals surface area (Å²) in [5.41, 5.74) is 0. The molecule has 0 aromatic carbocycles. The minimum Gasteiger partial charge on any atom is -0.228 e. The molecule has 2 rings (SSSR count). The van der Waals surface area contributed by atoms with Gasteiger partial charge in [-0.15, -0.1) is 0 Å². The van der Waals surface area contributed by atoms with Gasteiger partial charge in [0.05, 0.1) is 0 Å². The largest absolute Gasteiger partial charge is 0.228 e. The van der Waals surface area contributed by atoms with Gasteiger partial charge >= 0.3 is 0 Å². The van der Waals surface area contributed by atoms with Crippen LogP contribution in [-0.2, 0) is 0 Å². The first-order valence-corrected chi connectivity index (χ1v) is 3.56. The number of rotatable bonds is 2. The van der Waals surface area contributed by atoms with Gasteiger partial charge in [-0.2, -0.15) is 10.2 Å². The third kappa shape index (κ3) is 1.07. The fraction of sp³-hybridized carbons (Fsp3) is 0.333. The van der Waals surface area contributed by atoms with Gasteiger partial charge in [-0.05, 0) is 6.92 Å². The number of hydrogen-bond acceptors (Lipinski definition) is 4. The third-order valence-corrected chi connectivity index (χ3v) is 1.64. The van der Waals surface area contributed by atoms with Gasteiger partial charge in [-0.25, -0.2) is 19.3 Å². The average molecular weight is 164 g/mol. The molecule has 12 heavy (non-hydrogen) atoms. The number of hydrogen-bond donors (Lipinski definition) is 0. The molecule has 0 spiro atoms. The minimum atomic E-state index is 0.0231. The van der Waals surface area contributed by atoms with E-state index < -0.39 is 0 Å². The standard InChI is InChI=1S/C6H8N6/c1-6(11-4-7-2-9-11)12-5-8-3-10-12/h2-6H,1H3. The van der Waals surface area contributed by atoms with Crippen LogP contribution in [0, 0.1) is 0 Å². The Kier molecular flexibility index (Phi) is 1.58. The zero-order valence-electron chi connectivity index (χ0n) is 6.57. The van der Waals surface area contributed by atoms with Crippen LogP contribution < -0.4 is 0 Å². The Morgan fingerprint density at radius 2 is 1.50 bits per heavy atom. The van der Waals surface area contributed by atoms with E-state index in [1.807, 2.05) is 6.92 Å². The predicted octanol–water partition coefficient (Wildman–Crippen LogP) is -0.0636. The van der Waals surface area contributed by atoms with Crippen molar-refractivity contribution in [2.24, 2.45) is 0 Å². The van der Waals surface area contributed by atoms with E-state index in [1.165, 1.54) is 12.7 Å². The Morgan fingerprint density at radius 3 is 1.83 bits per heavy atom. The summed E-state index contributed by atoms with van der Waals surface area (Å²) in [5, 5.41) is 7.98. The molecule has 0 bridgehead atoms. The normalized spacial score (nSPS) is 10.8. The lowest BCUT2D eigenvalue weighted by Crippen LogP contribution is -2.15. The Labute approximate surface area is 68.9 Å². The molecule has 0 fully saturated rings. The second kappa shape index (κ2) is 2.72. The van der Waals surface area contributed by atoms with E-state index in [0.29, 0.717) is 0 Å². The first-order valence-electron chi connectivity index (χ1n) is 3.56. The first-order chi connectivity index (χ1) is 5.88. The van der Waals surface area contributed by atoms with Crippen LogP contribution in [0.1, 0.15) is 13.1 Å². The summed E-state index contributed by atoms with van der Waals surface area (Å²) in [6.45, 7) is 1.96. The maximum Gasteiger partial charge on any atom is 0.144 e. The summed E-state index contributed by atoms with van der Waals surface area (Å²) >= 11 is 0. The smallest absolute Gasteiger partial charge is 0.144 e. The molecular weight excluding hydrogens is 156 g/mol. The second-order valence-electron chi connectivity index (χ2n) is 2.38. The van der Waals surface area contributed by atoms with Crippen molar-refractivity contribution in [3.05, 3.63) is 25.3 Å². The quantitative estimate of drug-likeness (QED) is 0.623. The zero-order chi connectivity index (χ0) is 8.39. The summed E-state index contributed by atoms with van der Waals surface area (Å²) in [5.74, 6) is 0. The maximum absolute atomic E-state index is 3.99. The van der Waals surface area contributed by atoms with Crippen molar-refractivity contribution in [3.8, 4) is 0 Å². The Morgan fingerprint density at radius 1 is 1.00 bits per heavy atom. The van der Waals surface area contributed by atoms with Crippen molar-refractivity contribution >= 4 is 0 Å². The van der Waals surface area contributed by atoms with Crippen molar-refractivity contribution in [1.29, 1.82) is 0 Å². The van der Waals surface area contributed by atoms with E-state index in [0.717, 1.165) is 0 Å². The van der Waals surface area contributed by atoms with Gasteiger partial charge in [-0.1, -0.05) is 0 Å². The van der Waals surface area contributed by atoms with Crippen molar-refractivity contribution in [2.45, 2.75) is 13.1 Å². The highest BCUT2D eigenvalue weighted by Gasteiger charge is 2.05. The van der Waals surface area contributed by atoms with Gasteiger partial charge in [0.2, 0.25) is 0 Å². The van der Waals surface area contributed by atoms with Crippen molar-refractivity contribution in [1.82, 2.24) is 29.5 Å². The van der Waals surface area contributed by atoms with Gasteiger partial charge in [0.15, 0.2) is 0 Å². The van der Waals surface area contributed by atoms with E-state index in [4.69, 9.17) is 0 Å². The minimum absolute atomic E-state index is 0.0231. The Bertz CT molecular complexity index is 289. The van der Waals surface area contributed by atoms with Gasteiger partial charge in [0.25, 0.3) is 0 Å². The zero-order valence-corrected chi connectivity index (χ0v) is 6.57. The highest BCUT2D eigenvalue weighted by molar-refractivity contribution is 4.68. The fourth-order valence-electron chi connectivity index (χ4n) is 0.942. The van der Waals surface area contributed by atoms with Crippen LogP contribution in [0.3, 0.4) is 0 Å². The molecule has 0 aliphatic carbocycles. The molecule has 0 saturated heterocycles. The molecule has 0 N–H and O–H groups in total. The molecule has 0 saturated carbocycles. The molecule has 0 atom stereocenters. The van der Waals surface area contributed by atoms with Crippen LogP contribution in [0.5, 0.6) is 0 Å². The van der Waals surface area contributed by atoms with E-state index in [-0.39, 0.29) is 6.17 Å². The average Bonchev–Trinajstić information content (AvgIpc) is 2.77. The molecule has 0 amide bonds. The molecule has 62 valence electrons. The van der Waals surface area contributed by atoms with E-state index in [9.17, 15) is 0 Å². The molecule has 0 radical (unpaired) electrons. The van der Waals surface area contributed by atoms with Crippen molar-refractivity contribution in [2.75, 3.05) is 0 Å². The van der Waals surface area contributed by atoms with E-state index >= 15 is 0 Å². The summed E-state index contributed by atoms with van der Waals surface area (Å²) in [4.78, 5) is 7.69. The van der Waals surface area contributed by atoms with Gasteiger partial charge < -0.3 is 0 Å². The molecule has 2 heterocycles. The molecule has 6 heteroatoms. The van der Waals surface area contributed by atoms with Crippen LogP contribution in [0.15, 0.2) is 25.3 Å². The molecular formula is C6H8N6. The summed E-state index contributed by atoms with van der Waals surface area (Å²) in [6, 6.07) is 0. The van der Waals surface area contributed by atoms with E-state index in [2.05, 4.69) is 20.2 Å². The highest BCUT2D eigenvalue weighted by Crippen LogP contribution is 2.02.